The van der Waals surface area contributed by atoms with Crippen LogP contribution in [0.1, 0.15) is 32.3 Å². The van der Waals surface area contributed by atoms with Crippen molar-refractivity contribution in [1.29, 1.82) is 0 Å². The maximum atomic E-state index is 3.61. The van der Waals surface area contributed by atoms with Crippen LogP contribution in [0.25, 0.3) is 0 Å². The minimum absolute atomic E-state index is 0.786. The monoisotopic (exact) mass is 278 g/mol. The van der Waals surface area contributed by atoms with E-state index in [1.165, 1.54) is 35.6 Å². The summed E-state index contributed by atoms with van der Waals surface area (Å²) in [6.45, 7) is 8.99. The van der Waals surface area contributed by atoms with Crippen molar-refractivity contribution < 1.29 is 0 Å². The first-order chi connectivity index (χ1) is 9.33. The smallest absolute Gasteiger partial charge is 0.0219 e. The predicted molar refractivity (Wildman–Crippen MR) is 84.8 cm³/mol. The first-order valence-electron chi connectivity index (χ1n) is 7.50. The summed E-state index contributed by atoms with van der Waals surface area (Å²) >= 11 is 2.00. The summed E-state index contributed by atoms with van der Waals surface area (Å²) in [6, 6.07) is 9.61. The molecular weight excluding hydrogens is 252 g/mol. The fraction of sp³-hybridized carbons (Fsp3) is 0.625. The van der Waals surface area contributed by atoms with Crippen LogP contribution in [0.4, 0.5) is 0 Å². The molecule has 0 bridgehead atoms. The van der Waals surface area contributed by atoms with Crippen LogP contribution in [-0.2, 0) is 6.54 Å². The van der Waals surface area contributed by atoms with Crippen molar-refractivity contribution in [2.75, 3.05) is 25.4 Å². The molecule has 0 radical (unpaired) electrons. The number of rotatable bonds is 9. The second kappa shape index (κ2) is 7.93. The third-order valence-electron chi connectivity index (χ3n) is 3.69. The van der Waals surface area contributed by atoms with Crippen molar-refractivity contribution >= 4 is 11.8 Å². The molecule has 0 aromatic heterocycles. The highest BCUT2D eigenvalue weighted by Crippen LogP contribution is 2.24. The summed E-state index contributed by atoms with van der Waals surface area (Å²) in [5.41, 5.74) is 1.46. The van der Waals surface area contributed by atoms with E-state index >= 15 is 0 Å². The average molecular weight is 278 g/mol. The minimum Gasteiger partial charge on any atom is -0.310 e. The van der Waals surface area contributed by atoms with E-state index in [9.17, 15) is 0 Å². The van der Waals surface area contributed by atoms with Crippen molar-refractivity contribution in [3.63, 3.8) is 0 Å². The van der Waals surface area contributed by atoms with Gasteiger partial charge in [-0.15, -0.1) is 11.8 Å². The number of hydrogen-bond acceptors (Lipinski definition) is 3. The Morgan fingerprint density at radius 2 is 1.95 bits per heavy atom. The lowest BCUT2D eigenvalue weighted by Gasteiger charge is -2.18. The molecule has 1 aromatic carbocycles. The molecule has 3 heteroatoms. The van der Waals surface area contributed by atoms with Gasteiger partial charge in [-0.05, 0) is 37.6 Å². The molecule has 1 saturated carbocycles. The zero-order chi connectivity index (χ0) is 13.5. The molecule has 0 spiro atoms. The van der Waals surface area contributed by atoms with Gasteiger partial charge in [0.2, 0.25) is 0 Å². The van der Waals surface area contributed by atoms with Crippen LogP contribution in [0.15, 0.2) is 29.2 Å². The molecule has 0 saturated heterocycles. The first-order valence-corrected chi connectivity index (χ1v) is 8.48. The molecule has 106 valence electrons. The summed E-state index contributed by atoms with van der Waals surface area (Å²) in [6.07, 6.45) is 2.72. The highest BCUT2D eigenvalue weighted by atomic mass is 32.2. The van der Waals surface area contributed by atoms with E-state index < -0.39 is 0 Å². The Labute approximate surface area is 122 Å². The zero-order valence-electron chi connectivity index (χ0n) is 12.2. The minimum atomic E-state index is 0.786. The molecule has 2 rings (SSSR count). The van der Waals surface area contributed by atoms with Gasteiger partial charge in [0.05, 0.1) is 0 Å². The van der Waals surface area contributed by atoms with Gasteiger partial charge in [0.15, 0.2) is 0 Å². The summed E-state index contributed by atoms with van der Waals surface area (Å²) in [4.78, 5) is 3.93. The number of thioether (sulfide) groups is 1. The topological polar surface area (TPSA) is 15.3 Å². The number of nitrogens with one attached hydrogen (secondary N) is 1. The Balaban J connectivity index is 1.80. The molecule has 0 heterocycles. The lowest BCUT2D eigenvalue weighted by Crippen LogP contribution is -2.25. The Hall–Kier alpha value is -0.510. The van der Waals surface area contributed by atoms with E-state index in [2.05, 4.69) is 48.3 Å². The SMILES string of the molecule is CCN(CC)CCSc1ccccc1CNC1CC1. The summed E-state index contributed by atoms with van der Waals surface area (Å²) in [5.74, 6) is 1.18. The third-order valence-corrected chi connectivity index (χ3v) is 4.79. The van der Waals surface area contributed by atoms with E-state index in [0.717, 1.165) is 25.7 Å². The van der Waals surface area contributed by atoms with Crippen LogP contribution < -0.4 is 5.32 Å². The van der Waals surface area contributed by atoms with E-state index in [0.29, 0.717) is 0 Å². The average Bonchev–Trinajstić information content (AvgIpc) is 3.26. The Morgan fingerprint density at radius 3 is 2.63 bits per heavy atom. The fourth-order valence-electron chi connectivity index (χ4n) is 2.16. The maximum Gasteiger partial charge on any atom is 0.0219 e. The summed E-state index contributed by atoms with van der Waals surface area (Å²) < 4.78 is 0. The van der Waals surface area contributed by atoms with Gasteiger partial charge >= 0.3 is 0 Å². The third kappa shape index (κ3) is 5.17. The van der Waals surface area contributed by atoms with Gasteiger partial charge in [0.25, 0.3) is 0 Å². The molecule has 19 heavy (non-hydrogen) atoms. The highest BCUT2D eigenvalue weighted by Gasteiger charge is 2.20. The molecular formula is C16H26N2S. The molecule has 0 amide bonds. The van der Waals surface area contributed by atoms with E-state index in [4.69, 9.17) is 0 Å². The Morgan fingerprint density at radius 1 is 1.21 bits per heavy atom. The summed E-state index contributed by atoms with van der Waals surface area (Å²) in [7, 11) is 0. The lowest BCUT2D eigenvalue weighted by molar-refractivity contribution is 0.324. The number of hydrogen-bond donors (Lipinski definition) is 1. The largest absolute Gasteiger partial charge is 0.310 e. The second-order valence-electron chi connectivity index (χ2n) is 5.14. The first kappa shape index (κ1) is 14.9. The molecule has 1 aromatic rings. The normalized spacial score (nSPS) is 15.1. The Kier molecular flexibility index (Phi) is 6.21. The Bertz CT molecular complexity index is 373. The van der Waals surface area contributed by atoms with Crippen molar-refractivity contribution in [3.8, 4) is 0 Å². The van der Waals surface area contributed by atoms with Crippen LogP contribution in [-0.4, -0.2) is 36.3 Å². The van der Waals surface area contributed by atoms with E-state index in [-0.39, 0.29) is 0 Å². The van der Waals surface area contributed by atoms with Crippen LogP contribution in [0.3, 0.4) is 0 Å². The van der Waals surface area contributed by atoms with Crippen molar-refractivity contribution in [2.45, 2.75) is 44.2 Å². The number of benzene rings is 1. The quantitative estimate of drug-likeness (QED) is 0.697. The van der Waals surface area contributed by atoms with Crippen molar-refractivity contribution in [1.82, 2.24) is 10.2 Å². The van der Waals surface area contributed by atoms with Gasteiger partial charge in [-0.2, -0.15) is 0 Å². The maximum absolute atomic E-state index is 3.61. The van der Waals surface area contributed by atoms with Crippen molar-refractivity contribution in [2.24, 2.45) is 0 Å². The van der Waals surface area contributed by atoms with Gasteiger partial charge in [0.1, 0.15) is 0 Å². The molecule has 0 unspecified atom stereocenters. The molecule has 0 aliphatic heterocycles. The molecule has 2 nitrogen and oxygen atoms in total. The van der Waals surface area contributed by atoms with Crippen LogP contribution in [0.5, 0.6) is 0 Å². The van der Waals surface area contributed by atoms with E-state index in [1.807, 2.05) is 11.8 Å². The molecule has 1 aliphatic carbocycles. The number of nitrogens with zero attached hydrogens (tertiary/aromatic N) is 1. The fourth-order valence-corrected chi connectivity index (χ4v) is 3.23. The molecule has 1 aliphatic rings. The molecule has 1 fully saturated rings. The molecule has 0 atom stereocenters. The van der Waals surface area contributed by atoms with Gasteiger partial charge in [0, 0.05) is 29.8 Å². The second-order valence-corrected chi connectivity index (χ2v) is 6.27. The summed E-state index contributed by atoms with van der Waals surface area (Å²) in [5, 5.41) is 3.61. The van der Waals surface area contributed by atoms with Crippen LogP contribution >= 0.6 is 11.8 Å². The van der Waals surface area contributed by atoms with Crippen molar-refractivity contribution in [3.05, 3.63) is 29.8 Å². The van der Waals surface area contributed by atoms with Crippen LogP contribution in [0, 0.1) is 0 Å². The highest BCUT2D eigenvalue weighted by molar-refractivity contribution is 7.99. The van der Waals surface area contributed by atoms with Crippen LogP contribution in [0.2, 0.25) is 0 Å². The van der Waals surface area contributed by atoms with E-state index in [1.54, 1.807) is 0 Å². The van der Waals surface area contributed by atoms with Gasteiger partial charge in [-0.25, -0.2) is 0 Å². The molecule has 1 N–H and O–H groups in total. The zero-order valence-corrected chi connectivity index (χ0v) is 13.0. The lowest BCUT2D eigenvalue weighted by atomic mass is 10.2. The standard InChI is InChI=1S/C16H26N2S/c1-3-18(4-2)11-12-19-16-8-6-5-7-14(16)13-17-15-9-10-15/h5-8,15,17H,3-4,9-13H2,1-2H3. The van der Waals surface area contributed by atoms with Gasteiger partial charge in [-0.3, -0.25) is 0 Å². The van der Waals surface area contributed by atoms with Gasteiger partial charge in [-0.1, -0.05) is 32.0 Å². The predicted octanol–water partition coefficient (Wildman–Crippen LogP) is 3.37. The van der Waals surface area contributed by atoms with Gasteiger partial charge < -0.3 is 10.2 Å².